The highest BCUT2D eigenvalue weighted by Gasteiger charge is 2.19. The first-order valence-corrected chi connectivity index (χ1v) is 27.3. The molecule has 0 aromatic carbocycles. The molecule has 0 aliphatic rings. The molecule has 0 aliphatic carbocycles. The van der Waals surface area contributed by atoms with Gasteiger partial charge < -0.3 is 14.2 Å². The Kier molecular flexibility index (Phi) is 52.1. The minimum absolute atomic E-state index is 0.126. The average Bonchev–Trinajstić information content (AvgIpc) is 3.35. The highest BCUT2D eigenvalue weighted by molar-refractivity contribution is 5.71. The van der Waals surface area contributed by atoms with Crippen molar-refractivity contribution in [3.8, 4) is 0 Å². The third kappa shape index (κ3) is 54.1. The molecule has 6 nitrogen and oxygen atoms in total. The summed E-state index contributed by atoms with van der Waals surface area (Å²) in [6.45, 7) is 6.27. The molecule has 0 saturated heterocycles. The van der Waals surface area contributed by atoms with Gasteiger partial charge >= 0.3 is 17.9 Å². The van der Waals surface area contributed by atoms with Gasteiger partial charge in [0.1, 0.15) is 13.2 Å². The van der Waals surface area contributed by atoms with Gasteiger partial charge in [-0.1, -0.05) is 212 Å². The summed E-state index contributed by atoms with van der Waals surface area (Å²) >= 11 is 0. The van der Waals surface area contributed by atoms with Crippen LogP contribution in [0.1, 0.15) is 213 Å². The van der Waals surface area contributed by atoms with Crippen molar-refractivity contribution in [3.05, 3.63) is 146 Å². The quantitative estimate of drug-likeness (QED) is 0.0262. The molecular weight excluding hydrogens is 853 g/mol. The molecule has 0 unspecified atom stereocenters. The van der Waals surface area contributed by atoms with Crippen LogP contribution in [-0.2, 0) is 28.6 Å². The molecule has 0 aliphatic heterocycles. The minimum Gasteiger partial charge on any atom is -0.462 e. The zero-order valence-corrected chi connectivity index (χ0v) is 44.0. The van der Waals surface area contributed by atoms with Crippen molar-refractivity contribution >= 4 is 17.9 Å². The Balaban J connectivity index is 4.60. The number of esters is 3. The fourth-order valence-electron chi connectivity index (χ4n) is 6.78. The Morgan fingerprint density at radius 1 is 0.304 bits per heavy atom. The Labute approximate surface area is 423 Å². The van der Waals surface area contributed by atoms with Crippen molar-refractivity contribution in [3.63, 3.8) is 0 Å². The predicted octanol–water partition coefficient (Wildman–Crippen LogP) is 18.4. The van der Waals surface area contributed by atoms with E-state index in [0.29, 0.717) is 12.8 Å². The molecule has 69 heavy (non-hydrogen) atoms. The monoisotopic (exact) mass is 951 g/mol. The highest BCUT2D eigenvalue weighted by Crippen LogP contribution is 2.12. The molecule has 0 aromatic heterocycles. The lowest BCUT2D eigenvalue weighted by Crippen LogP contribution is -2.30. The number of unbranched alkanes of at least 4 members (excludes halogenated alkanes) is 12. The largest absolute Gasteiger partial charge is 0.462 e. The number of carbonyl (C=O) groups excluding carboxylic acids is 3. The van der Waals surface area contributed by atoms with Gasteiger partial charge in [0.15, 0.2) is 6.10 Å². The summed E-state index contributed by atoms with van der Waals surface area (Å²) in [5, 5.41) is 0. The van der Waals surface area contributed by atoms with Crippen LogP contribution in [0, 0.1) is 0 Å². The van der Waals surface area contributed by atoms with Crippen molar-refractivity contribution in [2.75, 3.05) is 13.2 Å². The molecule has 0 fully saturated rings. The van der Waals surface area contributed by atoms with E-state index in [-0.39, 0.29) is 44.0 Å². The van der Waals surface area contributed by atoms with E-state index in [1.807, 2.05) is 12.2 Å². The molecule has 1 atom stereocenters. The normalized spacial score (nSPS) is 13.3. The maximum Gasteiger partial charge on any atom is 0.306 e. The van der Waals surface area contributed by atoms with Gasteiger partial charge in [-0.25, -0.2) is 0 Å². The summed E-state index contributed by atoms with van der Waals surface area (Å²) in [5.41, 5.74) is 0. The minimum atomic E-state index is -0.835. The molecule has 0 spiro atoms. The molecule has 0 rings (SSSR count). The van der Waals surface area contributed by atoms with Gasteiger partial charge in [-0.05, 0) is 128 Å². The van der Waals surface area contributed by atoms with Crippen LogP contribution >= 0.6 is 0 Å². The molecule has 0 amide bonds. The maximum atomic E-state index is 12.8. The number of hydrogen-bond acceptors (Lipinski definition) is 6. The van der Waals surface area contributed by atoms with E-state index in [2.05, 4.69) is 154 Å². The van der Waals surface area contributed by atoms with Gasteiger partial charge in [-0.15, -0.1) is 0 Å². The van der Waals surface area contributed by atoms with E-state index in [9.17, 15) is 14.4 Å². The van der Waals surface area contributed by atoms with Crippen molar-refractivity contribution in [1.82, 2.24) is 0 Å². The molecule has 6 heteroatoms. The van der Waals surface area contributed by atoms with Crippen molar-refractivity contribution < 1.29 is 28.6 Å². The Morgan fingerprint density at radius 2 is 0.594 bits per heavy atom. The number of hydrogen-bond donors (Lipinski definition) is 0. The first kappa shape index (κ1) is 64.3. The van der Waals surface area contributed by atoms with Crippen LogP contribution in [-0.4, -0.2) is 37.2 Å². The summed E-state index contributed by atoms with van der Waals surface area (Å²) < 4.78 is 16.7. The van der Waals surface area contributed by atoms with E-state index >= 15 is 0 Å². The van der Waals surface area contributed by atoms with Gasteiger partial charge in [-0.3, -0.25) is 14.4 Å². The summed E-state index contributed by atoms with van der Waals surface area (Å²) in [6, 6.07) is 0. The lowest BCUT2D eigenvalue weighted by molar-refractivity contribution is -0.166. The van der Waals surface area contributed by atoms with Crippen molar-refractivity contribution in [2.24, 2.45) is 0 Å². The van der Waals surface area contributed by atoms with Crippen LogP contribution in [0.15, 0.2) is 146 Å². The topological polar surface area (TPSA) is 78.9 Å². The first-order chi connectivity index (χ1) is 34.0. The van der Waals surface area contributed by atoms with Gasteiger partial charge in [0.25, 0.3) is 0 Å². The average molecular weight is 951 g/mol. The van der Waals surface area contributed by atoms with Crippen LogP contribution in [0.2, 0.25) is 0 Å². The van der Waals surface area contributed by atoms with Crippen molar-refractivity contribution in [2.45, 2.75) is 219 Å². The van der Waals surface area contributed by atoms with Crippen LogP contribution in [0.25, 0.3) is 0 Å². The number of rotatable bonds is 47. The molecule has 0 radical (unpaired) electrons. The lowest BCUT2D eigenvalue weighted by atomic mass is 10.1. The van der Waals surface area contributed by atoms with Gasteiger partial charge in [-0.2, -0.15) is 0 Å². The zero-order valence-electron chi connectivity index (χ0n) is 44.0. The second-order valence-electron chi connectivity index (χ2n) is 17.4. The molecular formula is C63H98O6. The Morgan fingerprint density at radius 3 is 0.971 bits per heavy atom. The SMILES string of the molecule is CC/C=C/C/C=C/C/C=C/C/C=C/C/C=C/C/C=C/CCC(=O)OC[C@@H](COC(=O)CCCCCCC/C=C/C/C=C/C/C=C/CC)OC(=O)CCCCCC/C=C/C/C=C/C/C=C/CCCCC. The summed E-state index contributed by atoms with van der Waals surface area (Å²) in [4.78, 5) is 38.1. The van der Waals surface area contributed by atoms with Crippen LogP contribution in [0.5, 0.6) is 0 Å². The first-order valence-electron chi connectivity index (χ1n) is 27.3. The van der Waals surface area contributed by atoms with Crippen molar-refractivity contribution in [1.29, 1.82) is 0 Å². The third-order valence-electron chi connectivity index (χ3n) is 10.8. The summed E-state index contributed by atoms with van der Waals surface area (Å²) in [7, 11) is 0. The molecule has 0 N–H and O–H groups in total. The number of ether oxygens (including phenoxy) is 3. The molecule has 0 aromatic rings. The van der Waals surface area contributed by atoms with Gasteiger partial charge in [0.05, 0.1) is 0 Å². The number of allylic oxidation sites excluding steroid dienone is 24. The van der Waals surface area contributed by atoms with Crippen LogP contribution < -0.4 is 0 Å². The molecule has 386 valence electrons. The van der Waals surface area contributed by atoms with E-state index < -0.39 is 6.10 Å². The molecule has 0 bridgehead atoms. The summed E-state index contributed by atoms with van der Waals surface area (Å²) in [6.07, 6.45) is 79.8. The maximum absolute atomic E-state index is 12.8. The van der Waals surface area contributed by atoms with E-state index in [0.717, 1.165) is 141 Å². The second-order valence-corrected chi connectivity index (χ2v) is 17.4. The number of carbonyl (C=O) groups is 3. The predicted molar refractivity (Wildman–Crippen MR) is 297 cm³/mol. The highest BCUT2D eigenvalue weighted by atomic mass is 16.6. The fraction of sp³-hybridized carbons (Fsp3) is 0.571. The third-order valence-corrected chi connectivity index (χ3v) is 10.8. The molecule has 0 heterocycles. The second kappa shape index (κ2) is 55.9. The van der Waals surface area contributed by atoms with E-state index in [1.54, 1.807) is 0 Å². The zero-order chi connectivity index (χ0) is 50.0. The van der Waals surface area contributed by atoms with Gasteiger partial charge in [0, 0.05) is 19.3 Å². The van der Waals surface area contributed by atoms with Crippen LogP contribution in [0.4, 0.5) is 0 Å². The Bertz CT molecular complexity index is 1560. The fourth-order valence-corrected chi connectivity index (χ4v) is 6.78. The van der Waals surface area contributed by atoms with E-state index in [4.69, 9.17) is 14.2 Å². The Hall–Kier alpha value is -4.71. The summed E-state index contributed by atoms with van der Waals surface area (Å²) in [5.74, 6) is -1.06. The standard InChI is InChI=1S/C63H98O6/c1-4-7-10-13-16-19-22-25-28-30-31-33-35-38-41-44-47-50-53-56-62(65)68-59-60(58-67-61(64)55-52-49-46-43-40-37-34-27-24-21-18-15-12-9-6-3)69-63(66)57-54-51-48-45-42-39-36-32-29-26-23-20-17-14-11-8-5-2/h7,9-10,12,16-21,25-29,31,33-34,36,38-39,41,47,50,60H,4-6,8,11,13-15,22-24,30,32,35,37,40,42-46,48-49,51-59H2,1-3H3/b10-7+,12-9+,19-16+,20-17+,21-18+,28-25+,29-26+,33-31+,34-27+,39-36+,41-38+,50-47+/t60-/m1/s1. The lowest BCUT2D eigenvalue weighted by Gasteiger charge is -2.18. The smallest absolute Gasteiger partial charge is 0.306 e. The van der Waals surface area contributed by atoms with Gasteiger partial charge in [0.2, 0.25) is 0 Å². The van der Waals surface area contributed by atoms with E-state index in [1.165, 1.54) is 25.7 Å². The molecule has 0 saturated carbocycles. The van der Waals surface area contributed by atoms with Crippen LogP contribution in [0.3, 0.4) is 0 Å².